The third kappa shape index (κ3) is 2.60. The summed E-state index contributed by atoms with van der Waals surface area (Å²) in [7, 11) is -1.61. The van der Waals surface area contributed by atoms with Crippen LogP contribution in [0.25, 0.3) is 0 Å². The molecule has 1 radical (unpaired) electrons. The molecule has 1 N–H and O–H groups in total. The molecular formula is C7H8NO4S. The minimum atomic E-state index is -2.97. The van der Waals surface area contributed by atoms with Gasteiger partial charge in [0.2, 0.25) is 0 Å². The SMILES string of the molecule is CN(O[SH](=O)=O)c1c[c]ccc1O. The Hall–Kier alpha value is -1.27. The Morgan fingerprint density at radius 3 is 2.85 bits per heavy atom. The van der Waals surface area contributed by atoms with E-state index in [1.165, 1.54) is 25.2 Å². The third-order valence-corrected chi connectivity index (χ3v) is 1.73. The van der Waals surface area contributed by atoms with Crippen LogP contribution in [0.1, 0.15) is 0 Å². The molecule has 1 aromatic rings. The van der Waals surface area contributed by atoms with E-state index in [1.807, 2.05) is 0 Å². The molecule has 0 aliphatic heterocycles. The summed E-state index contributed by atoms with van der Waals surface area (Å²) in [5, 5.41) is 10.2. The van der Waals surface area contributed by atoms with E-state index in [4.69, 9.17) is 0 Å². The van der Waals surface area contributed by atoms with E-state index in [-0.39, 0.29) is 11.4 Å². The van der Waals surface area contributed by atoms with E-state index in [9.17, 15) is 13.5 Å². The normalized spacial score (nSPS) is 10.3. The first-order valence-corrected chi connectivity index (χ1v) is 4.46. The van der Waals surface area contributed by atoms with E-state index in [2.05, 4.69) is 10.4 Å². The molecule has 1 aromatic carbocycles. The molecule has 13 heavy (non-hydrogen) atoms. The molecule has 0 aliphatic carbocycles. The molecule has 6 heteroatoms. The van der Waals surface area contributed by atoms with Crippen LogP contribution < -0.4 is 5.06 Å². The van der Waals surface area contributed by atoms with Crippen LogP contribution >= 0.6 is 0 Å². The van der Waals surface area contributed by atoms with Gasteiger partial charge in [0, 0.05) is 7.05 Å². The first-order valence-electron chi connectivity index (χ1n) is 3.36. The van der Waals surface area contributed by atoms with Crippen LogP contribution in [-0.4, -0.2) is 20.6 Å². The Morgan fingerprint density at radius 2 is 2.31 bits per heavy atom. The molecule has 0 fully saturated rings. The summed E-state index contributed by atoms with van der Waals surface area (Å²) in [6.07, 6.45) is 0. The molecule has 0 atom stereocenters. The quantitative estimate of drug-likeness (QED) is 0.537. The minimum Gasteiger partial charge on any atom is -0.506 e. The van der Waals surface area contributed by atoms with Gasteiger partial charge in [-0.05, 0) is 18.2 Å². The Labute approximate surface area is 77.3 Å². The van der Waals surface area contributed by atoms with Crippen molar-refractivity contribution in [3.8, 4) is 5.75 Å². The van der Waals surface area contributed by atoms with E-state index in [0.29, 0.717) is 0 Å². The Balaban J connectivity index is 2.88. The number of anilines is 1. The second-order valence-corrected chi connectivity index (χ2v) is 2.83. The lowest BCUT2D eigenvalue weighted by molar-refractivity contribution is 0.315. The van der Waals surface area contributed by atoms with Crippen LogP contribution in [-0.2, 0) is 15.3 Å². The molecule has 0 spiro atoms. The number of benzene rings is 1. The fourth-order valence-electron chi connectivity index (χ4n) is 0.810. The van der Waals surface area contributed by atoms with Gasteiger partial charge in [-0.1, -0.05) is 6.07 Å². The molecule has 0 heterocycles. The lowest BCUT2D eigenvalue weighted by Crippen LogP contribution is -2.16. The highest BCUT2D eigenvalue weighted by Gasteiger charge is 2.06. The van der Waals surface area contributed by atoms with E-state index in [0.717, 1.165) is 5.06 Å². The lowest BCUT2D eigenvalue weighted by atomic mass is 10.3. The third-order valence-electron chi connectivity index (χ3n) is 1.35. The van der Waals surface area contributed by atoms with Gasteiger partial charge in [0.25, 0.3) is 11.0 Å². The van der Waals surface area contributed by atoms with Gasteiger partial charge in [0.05, 0.1) is 0 Å². The van der Waals surface area contributed by atoms with E-state index >= 15 is 0 Å². The fourth-order valence-corrected chi connectivity index (χ4v) is 1.10. The lowest BCUT2D eigenvalue weighted by Gasteiger charge is -2.14. The van der Waals surface area contributed by atoms with Crippen LogP contribution in [0.2, 0.25) is 0 Å². The average molecular weight is 202 g/mol. The van der Waals surface area contributed by atoms with Crippen molar-refractivity contribution in [1.82, 2.24) is 0 Å². The van der Waals surface area contributed by atoms with Gasteiger partial charge in [-0.2, -0.15) is 4.28 Å². The highest BCUT2D eigenvalue weighted by Crippen LogP contribution is 2.24. The highest BCUT2D eigenvalue weighted by molar-refractivity contribution is 7.67. The van der Waals surface area contributed by atoms with E-state index < -0.39 is 11.0 Å². The Kier molecular flexibility index (Phi) is 3.10. The molecule has 5 nitrogen and oxygen atoms in total. The zero-order chi connectivity index (χ0) is 9.84. The number of aromatic hydroxyl groups is 1. The summed E-state index contributed by atoms with van der Waals surface area (Å²) < 4.78 is 24.7. The van der Waals surface area contributed by atoms with Crippen LogP contribution in [0.3, 0.4) is 0 Å². The van der Waals surface area contributed by atoms with Crippen molar-refractivity contribution < 1.29 is 17.8 Å². The van der Waals surface area contributed by atoms with Gasteiger partial charge >= 0.3 is 0 Å². The first-order chi connectivity index (χ1) is 6.11. The van der Waals surface area contributed by atoms with Gasteiger partial charge in [0.1, 0.15) is 11.4 Å². The molecule has 1 rings (SSSR count). The first kappa shape index (κ1) is 9.82. The van der Waals surface area contributed by atoms with Crippen molar-refractivity contribution in [2.75, 3.05) is 12.1 Å². The Morgan fingerprint density at radius 1 is 1.62 bits per heavy atom. The van der Waals surface area contributed by atoms with Crippen molar-refractivity contribution in [2.45, 2.75) is 0 Å². The number of hydrogen-bond donors (Lipinski definition) is 2. The molecule has 0 saturated heterocycles. The number of phenols is 1. The van der Waals surface area contributed by atoms with Crippen molar-refractivity contribution in [3.05, 3.63) is 24.3 Å². The molecule has 0 saturated carbocycles. The molecule has 0 unspecified atom stereocenters. The molecule has 0 bridgehead atoms. The molecule has 71 valence electrons. The largest absolute Gasteiger partial charge is 0.506 e. The molecule has 0 amide bonds. The standard InChI is InChI=1S/C7H8NO4S/c1-8(12-13(10)11)6-4-2-3-5-7(6)9/h3-5,9,13H,1H3. The number of nitrogens with zero attached hydrogens (tertiary/aromatic N) is 1. The van der Waals surface area contributed by atoms with Gasteiger partial charge in [0.15, 0.2) is 0 Å². The topological polar surface area (TPSA) is 66.8 Å². The summed E-state index contributed by atoms with van der Waals surface area (Å²) in [5.41, 5.74) is 0.238. The summed E-state index contributed by atoms with van der Waals surface area (Å²) >= 11 is 0. The number of hydroxylamine groups is 1. The summed E-state index contributed by atoms with van der Waals surface area (Å²) in [4.78, 5) is 0. The highest BCUT2D eigenvalue weighted by atomic mass is 32.2. The van der Waals surface area contributed by atoms with Crippen LogP contribution in [0.4, 0.5) is 5.69 Å². The predicted molar refractivity (Wildman–Crippen MR) is 46.7 cm³/mol. The smallest absolute Gasteiger partial charge is 0.277 e. The monoisotopic (exact) mass is 202 g/mol. The van der Waals surface area contributed by atoms with Gasteiger partial charge < -0.3 is 5.11 Å². The predicted octanol–water partition coefficient (Wildman–Crippen LogP) is 0.0866. The maximum Gasteiger partial charge on any atom is 0.277 e. The van der Waals surface area contributed by atoms with Crippen molar-refractivity contribution in [1.29, 1.82) is 0 Å². The maximum atomic E-state index is 10.2. The van der Waals surface area contributed by atoms with Gasteiger partial charge in [-0.3, -0.25) is 0 Å². The molecule has 0 aromatic heterocycles. The Bertz CT molecular complexity index is 355. The number of hydrogen-bond acceptors (Lipinski definition) is 5. The maximum absolute atomic E-state index is 10.2. The summed E-state index contributed by atoms with van der Waals surface area (Å²) in [6.45, 7) is 0. The van der Waals surface area contributed by atoms with Crippen LogP contribution in [0.5, 0.6) is 5.75 Å². The van der Waals surface area contributed by atoms with Gasteiger partial charge in [-0.25, -0.2) is 13.5 Å². The van der Waals surface area contributed by atoms with Crippen molar-refractivity contribution in [2.24, 2.45) is 0 Å². The molecule has 0 aliphatic rings. The number of rotatable bonds is 3. The van der Waals surface area contributed by atoms with Gasteiger partial charge in [-0.15, -0.1) is 0 Å². The van der Waals surface area contributed by atoms with Crippen molar-refractivity contribution >= 4 is 16.7 Å². The van der Waals surface area contributed by atoms with Crippen molar-refractivity contribution in [3.63, 3.8) is 0 Å². The number of phenolic OH excluding ortho intramolecular Hbond substituents is 1. The average Bonchev–Trinajstić information content (AvgIpc) is 2.03. The summed E-state index contributed by atoms with van der Waals surface area (Å²) in [5.74, 6) is -0.0712. The van der Waals surface area contributed by atoms with E-state index in [1.54, 1.807) is 0 Å². The summed E-state index contributed by atoms with van der Waals surface area (Å²) in [6, 6.07) is 6.97. The van der Waals surface area contributed by atoms with Crippen LogP contribution in [0, 0.1) is 6.07 Å². The van der Waals surface area contributed by atoms with Crippen LogP contribution in [0.15, 0.2) is 18.2 Å². The fraction of sp³-hybridized carbons (Fsp3) is 0.143. The molecular weight excluding hydrogens is 194 g/mol. The second kappa shape index (κ2) is 4.11. The minimum absolute atomic E-state index is 0.0712. The zero-order valence-electron chi connectivity index (χ0n) is 6.80. The second-order valence-electron chi connectivity index (χ2n) is 2.22. The number of thiol groups is 1. The zero-order valence-corrected chi connectivity index (χ0v) is 7.69.